The molecular formula is C18H19N3O2S3. The Hall–Kier alpha value is -1.64. The number of hydrogen-bond donors (Lipinski definition) is 2. The molecule has 0 unspecified atom stereocenters. The molecule has 2 N–H and O–H groups in total. The van der Waals surface area contributed by atoms with E-state index in [2.05, 4.69) is 15.3 Å². The highest BCUT2D eigenvalue weighted by atomic mass is 32.2. The highest BCUT2D eigenvalue weighted by molar-refractivity contribution is 7.99. The van der Waals surface area contributed by atoms with E-state index in [1.165, 1.54) is 28.6 Å². The smallest absolute Gasteiger partial charge is 0.259 e. The predicted molar refractivity (Wildman–Crippen MR) is 109 cm³/mol. The normalized spacial score (nSPS) is 13.7. The molecule has 1 aliphatic carbocycles. The third kappa shape index (κ3) is 3.87. The Balaban J connectivity index is 1.37. The number of thioether (sulfide) groups is 1. The number of H-pyrrole nitrogens is 1. The quantitative estimate of drug-likeness (QED) is 0.658. The Kier molecular flexibility index (Phi) is 5.42. The van der Waals surface area contributed by atoms with Crippen LogP contribution in [0.2, 0.25) is 0 Å². The maximum Gasteiger partial charge on any atom is 0.259 e. The van der Waals surface area contributed by atoms with E-state index in [-0.39, 0.29) is 11.5 Å². The first kappa shape index (κ1) is 17.8. The second kappa shape index (κ2) is 7.94. The number of carbonyl (C=O) groups excluding carboxylic acids is 1. The molecule has 3 aromatic rings. The number of aromatic nitrogens is 2. The molecule has 0 radical (unpaired) electrons. The number of rotatable bonds is 6. The van der Waals surface area contributed by atoms with Crippen LogP contribution in [0.15, 0.2) is 22.3 Å². The lowest BCUT2D eigenvalue weighted by molar-refractivity contribution is -0.118. The fourth-order valence-corrected chi connectivity index (χ4v) is 5.81. The van der Waals surface area contributed by atoms with Crippen molar-refractivity contribution in [2.45, 2.75) is 38.0 Å². The molecule has 136 valence electrons. The highest BCUT2D eigenvalue weighted by Crippen LogP contribution is 2.33. The number of hydrogen-bond acceptors (Lipinski definition) is 6. The topological polar surface area (TPSA) is 74.8 Å². The van der Waals surface area contributed by atoms with Gasteiger partial charge in [-0.2, -0.15) is 0 Å². The van der Waals surface area contributed by atoms with E-state index < -0.39 is 0 Å². The Labute approximate surface area is 163 Å². The van der Waals surface area contributed by atoms with Crippen molar-refractivity contribution in [3.8, 4) is 0 Å². The molecule has 0 saturated heterocycles. The van der Waals surface area contributed by atoms with Gasteiger partial charge in [-0.25, -0.2) is 4.98 Å². The minimum Gasteiger partial charge on any atom is -0.350 e. The number of fused-ring (bicyclic) bond motifs is 3. The van der Waals surface area contributed by atoms with Crippen molar-refractivity contribution in [2.24, 2.45) is 0 Å². The van der Waals surface area contributed by atoms with Crippen molar-refractivity contribution in [3.63, 3.8) is 0 Å². The van der Waals surface area contributed by atoms with E-state index >= 15 is 0 Å². The minimum atomic E-state index is -0.0350. The molecule has 0 aliphatic heterocycles. The average molecular weight is 406 g/mol. The second-order valence-corrected chi connectivity index (χ2v) is 9.35. The Morgan fingerprint density at radius 2 is 2.23 bits per heavy atom. The van der Waals surface area contributed by atoms with Gasteiger partial charge in [-0.1, -0.05) is 6.07 Å². The molecule has 1 amide bonds. The molecule has 0 fully saturated rings. The SMILES string of the molecule is O=C(CSCc1nc2sc3c(c2c(=O)[nH]1)CCCC3)NCc1cccs1. The number of thiophene rings is 2. The van der Waals surface area contributed by atoms with Gasteiger partial charge in [0.15, 0.2) is 0 Å². The fourth-order valence-electron chi connectivity index (χ4n) is 3.17. The van der Waals surface area contributed by atoms with E-state index in [1.54, 1.807) is 22.7 Å². The first-order valence-corrected chi connectivity index (χ1v) is 11.5. The van der Waals surface area contributed by atoms with Crippen molar-refractivity contribution in [2.75, 3.05) is 5.75 Å². The van der Waals surface area contributed by atoms with Gasteiger partial charge in [-0.15, -0.1) is 34.4 Å². The van der Waals surface area contributed by atoms with Crippen LogP contribution < -0.4 is 10.9 Å². The van der Waals surface area contributed by atoms with Crippen molar-refractivity contribution in [1.82, 2.24) is 15.3 Å². The molecule has 1 aliphatic rings. The van der Waals surface area contributed by atoms with E-state index in [1.807, 2.05) is 17.5 Å². The Bertz CT molecular complexity index is 976. The van der Waals surface area contributed by atoms with Crippen LogP contribution in [-0.2, 0) is 29.9 Å². The van der Waals surface area contributed by atoms with Gasteiger partial charge < -0.3 is 10.3 Å². The predicted octanol–water partition coefficient (Wildman–Crippen LogP) is 3.47. The molecule has 0 bridgehead atoms. The zero-order chi connectivity index (χ0) is 17.9. The van der Waals surface area contributed by atoms with Gasteiger partial charge in [0, 0.05) is 9.75 Å². The number of aromatic amines is 1. The first-order valence-electron chi connectivity index (χ1n) is 8.61. The van der Waals surface area contributed by atoms with Crippen LogP contribution in [0.25, 0.3) is 10.2 Å². The van der Waals surface area contributed by atoms with Crippen LogP contribution in [0.4, 0.5) is 0 Å². The monoisotopic (exact) mass is 405 g/mol. The number of amides is 1. The number of nitrogens with one attached hydrogen (secondary N) is 2. The molecule has 0 aromatic carbocycles. The molecular weight excluding hydrogens is 386 g/mol. The molecule has 26 heavy (non-hydrogen) atoms. The molecule has 8 heteroatoms. The van der Waals surface area contributed by atoms with Crippen LogP contribution in [-0.4, -0.2) is 21.6 Å². The van der Waals surface area contributed by atoms with E-state index in [9.17, 15) is 9.59 Å². The molecule has 0 atom stereocenters. The molecule has 5 nitrogen and oxygen atoms in total. The molecule has 4 rings (SSSR count). The summed E-state index contributed by atoms with van der Waals surface area (Å²) in [5.41, 5.74) is 1.17. The van der Waals surface area contributed by atoms with Crippen molar-refractivity contribution < 1.29 is 4.79 Å². The molecule has 3 heterocycles. The van der Waals surface area contributed by atoms with Gasteiger partial charge in [0.05, 0.1) is 23.4 Å². The van der Waals surface area contributed by atoms with Gasteiger partial charge >= 0.3 is 0 Å². The van der Waals surface area contributed by atoms with Gasteiger partial charge in [0.2, 0.25) is 5.91 Å². The van der Waals surface area contributed by atoms with Crippen molar-refractivity contribution in [1.29, 1.82) is 0 Å². The van der Waals surface area contributed by atoms with E-state index in [0.29, 0.717) is 23.9 Å². The lowest BCUT2D eigenvalue weighted by Gasteiger charge is -2.09. The summed E-state index contributed by atoms with van der Waals surface area (Å²) in [6.45, 7) is 0.568. The van der Waals surface area contributed by atoms with E-state index in [4.69, 9.17) is 0 Å². The van der Waals surface area contributed by atoms with Crippen LogP contribution in [0.5, 0.6) is 0 Å². The summed E-state index contributed by atoms with van der Waals surface area (Å²) in [5, 5.41) is 5.69. The summed E-state index contributed by atoms with van der Waals surface area (Å²) in [4.78, 5) is 35.3. The fraction of sp³-hybridized carbons (Fsp3) is 0.389. The highest BCUT2D eigenvalue weighted by Gasteiger charge is 2.19. The number of carbonyl (C=O) groups is 1. The maximum atomic E-state index is 12.5. The van der Waals surface area contributed by atoms with Crippen LogP contribution in [0, 0.1) is 0 Å². The summed E-state index contributed by atoms with van der Waals surface area (Å²) in [6, 6.07) is 3.98. The first-order chi connectivity index (χ1) is 12.7. The van der Waals surface area contributed by atoms with Crippen molar-refractivity contribution in [3.05, 3.63) is 49.0 Å². The van der Waals surface area contributed by atoms with Gasteiger partial charge in [0.25, 0.3) is 5.56 Å². The Morgan fingerprint density at radius 1 is 1.35 bits per heavy atom. The average Bonchev–Trinajstić information content (AvgIpc) is 3.27. The summed E-state index contributed by atoms with van der Waals surface area (Å²) < 4.78 is 0. The van der Waals surface area contributed by atoms with Crippen LogP contribution in [0.1, 0.15) is 34.0 Å². The van der Waals surface area contributed by atoms with Gasteiger partial charge in [-0.05, 0) is 42.7 Å². The third-order valence-electron chi connectivity index (χ3n) is 4.39. The molecule has 0 saturated carbocycles. The van der Waals surface area contributed by atoms with Gasteiger partial charge in [-0.3, -0.25) is 9.59 Å². The largest absolute Gasteiger partial charge is 0.350 e. The third-order valence-corrected chi connectivity index (χ3v) is 7.39. The van der Waals surface area contributed by atoms with E-state index in [0.717, 1.165) is 34.4 Å². The standard InChI is InChI=1S/C18H19N3O2S3/c22-15(19-8-11-4-3-7-25-11)10-24-9-14-20-17(23)16-12-5-1-2-6-13(12)26-18(16)21-14/h3-4,7H,1-2,5-6,8-10H2,(H,19,22)(H,20,21,23). The lowest BCUT2D eigenvalue weighted by atomic mass is 9.97. The lowest BCUT2D eigenvalue weighted by Crippen LogP contribution is -2.24. The summed E-state index contributed by atoms with van der Waals surface area (Å²) in [6.07, 6.45) is 4.39. The summed E-state index contributed by atoms with van der Waals surface area (Å²) in [5.74, 6) is 1.53. The van der Waals surface area contributed by atoms with Crippen LogP contribution >= 0.6 is 34.4 Å². The molecule has 3 aromatic heterocycles. The number of aryl methyl sites for hydroxylation is 2. The second-order valence-electron chi connectivity index (χ2n) is 6.25. The summed E-state index contributed by atoms with van der Waals surface area (Å²) >= 11 is 4.75. The Morgan fingerprint density at radius 3 is 3.08 bits per heavy atom. The van der Waals surface area contributed by atoms with Crippen LogP contribution in [0.3, 0.4) is 0 Å². The molecule has 0 spiro atoms. The zero-order valence-electron chi connectivity index (χ0n) is 14.2. The maximum absolute atomic E-state index is 12.5. The van der Waals surface area contributed by atoms with Gasteiger partial charge in [0.1, 0.15) is 10.7 Å². The summed E-state index contributed by atoms with van der Waals surface area (Å²) in [7, 11) is 0. The van der Waals surface area contributed by atoms with Crippen molar-refractivity contribution >= 4 is 50.6 Å². The zero-order valence-corrected chi connectivity index (χ0v) is 16.6. The minimum absolute atomic E-state index is 0.00147. The number of nitrogens with zero attached hydrogens (tertiary/aromatic N) is 1.